The fourth-order valence-corrected chi connectivity index (χ4v) is 1.38. The minimum atomic E-state index is -2.53. The second kappa shape index (κ2) is 3.45. The fraction of sp³-hybridized carbons (Fsp3) is 1.00. The van der Waals surface area contributed by atoms with Crippen molar-refractivity contribution in [2.45, 2.75) is 12.3 Å². The van der Waals surface area contributed by atoms with E-state index in [-0.39, 0.29) is 6.54 Å². The van der Waals surface area contributed by atoms with E-state index in [1.54, 1.807) is 7.05 Å². The van der Waals surface area contributed by atoms with Crippen LogP contribution in [0.3, 0.4) is 0 Å². The number of nitrogens with one attached hydrogen (secondary N) is 2. The topological polar surface area (TPSA) is 24.1 Å². The lowest BCUT2D eigenvalue weighted by Gasteiger charge is -2.31. The maximum Gasteiger partial charge on any atom is 0.264 e. The summed E-state index contributed by atoms with van der Waals surface area (Å²) in [5.74, 6) is -3.02. The highest BCUT2D eigenvalue weighted by molar-refractivity contribution is 4.85. The molecule has 0 aromatic rings. The Kier molecular flexibility index (Phi) is 2.78. The van der Waals surface area contributed by atoms with Crippen LogP contribution in [0.1, 0.15) is 6.42 Å². The zero-order valence-corrected chi connectivity index (χ0v) is 6.66. The molecule has 0 bridgehead atoms. The van der Waals surface area contributed by atoms with Crippen molar-refractivity contribution in [2.75, 3.05) is 26.7 Å². The molecule has 0 aromatic carbocycles. The molecule has 1 heterocycles. The van der Waals surface area contributed by atoms with Gasteiger partial charge < -0.3 is 10.6 Å². The third-order valence-electron chi connectivity index (χ3n) is 2.08. The summed E-state index contributed by atoms with van der Waals surface area (Å²) in [4.78, 5) is 0. The van der Waals surface area contributed by atoms with E-state index >= 15 is 0 Å². The van der Waals surface area contributed by atoms with Crippen LogP contribution in [0.5, 0.6) is 0 Å². The Morgan fingerprint density at radius 3 is 2.91 bits per heavy atom. The Labute approximate surface area is 65.4 Å². The minimum absolute atomic E-state index is 0.167. The van der Waals surface area contributed by atoms with Crippen molar-refractivity contribution < 1.29 is 8.78 Å². The van der Waals surface area contributed by atoms with Crippen molar-refractivity contribution in [1.82, 2.24) is 10.6 Å². The van der Waals surface area contributed by atoms with Crippen LogP contribution in [-0.4, -0.2) is 32.6 Å². The van der Waals surface area contributed by atoms with E-state index in [1.165, 1.54) is 0 Å². The molecule has 2 nitrogen and oxygen atoms in total. The zero-order chi connectivity index (χ0) is 8.32. The number of hydrogen-bond donors (Lipinski definition) is 2. The molecule has 0 saturated carbocycles. The third kappa shape index (κ3) is 2.10. The van der Waals surface area contributed by atoms with E-state index in [9.17, 15) is 8.78 Å². The second-order valence-corrected chi connectivity index (χ2v) is 2.98. The Morgan fingerprint density at radius 2 is 2.36 bits per heavy atom. The number of hydrogen-bond acceptors (Lipinski definition) is 2. The molecular formula is C7H14F2N2. The van der Waals surface area contributed by atoms with Gasteiger partial charge in [0.25, 0.3) is 5.92 Å². The van der Waals surface area contributed by atoms with Crippen LogP contribution < -0.4 is 10.6 Å². The Hall–Kier alpha value is -0.220. The Balaban J connectivity index is 2.45. The molecule has 0 spiro atoms. The van der Waals surface area contributed by atoms with Gasteiger partial charge in [-0.15, -0.1) is 0 Å². The van der Waals surface area contributed by atoms with E-state index in [2.05, 4.69) is 10.6 Å². The monoisotopic (exact) mass is 164 g/mol. The van der Waals surface area contributed by atoms with Crippen LogP contribution in [0.25, 0.3) is 0 Å². The van der Waals surface area contributed by atoms with Gasteiger partial charge in [0.05, 0.1) is 6.54 Å². The zero-order valence-electron chi connectivity index (χ0n) is 6.66. The molecule has 2 N–H and O–H groups in total. The highest BCUT2D eigenvalue weighted by Crippen LogP contribution is 2.28. The molecule has 4 heteroatoms. The lowest BCUT2D eigenvalue weighted by atomic mass is 9.94. The van der Waals surface area contributed by atoms with Crippen molar-refractivity contribution in [2.24, 2.45) is 5.92 Å². The average Bonchev–Trinajstić information content (AvgIpc) is 1.94. The molecule has 1 rings (SSSR count). The van der Waals surface area contributed by atoms with Gasteiger partial charge in [0.15, 0.2) is 0 Å². The molecule has 1 fully saturated rings. The standard InChI is InChI=1S/C7H14F2N2/c1-10-4-6-2-3-11-5-7(6,8)9/h6,10-11H,2-5H2,1H3. The summed E-state index contributed by atoms with van der Waals surface area (Å²) in [7, 11) is 1.71. The van der Waals surface area contributed by atoms with Gasteiger partial charge in [-0.2, -0.15) is 0 Å². The molecule has 1 aliphatic rings. The normalized spacial score (nSPS) is 30.3. The van der Waals surface area contributed by atoms with E-state index in [0.29, 0.717) is 19.5 Å². The first kappa shape index (κ1) is 8.87. The molecule has 11 heavy (non-hydrogen) atoms. The molecule has 66 valence electrons. The first-order valence-corrected chi connectivity index (χ1v) is 3.90. The SMILES string of the molecule is CNCC1CCNCC1(F)F. The fourth-order valence-electron chi connectivity index (χ4n) is 1.38. The first-order chi connectivity index (χ1) is 5.17. The van der Waals surface area contributed by atoms with Gasteiger partial charge in [0.2, 0.25) is 0 Å². The van der Waals surface area contributed by atoms with Gasteiger partial charge in [-0.05, 0) is 20.0 Å². The second-order valence-electron chi connectivity index (χ2n) is 2.98. The van der Waals surface area contributed by atoms with Crippen molar-refractivity contribution >= 4 is 0 Å². The molecule has 1 unspecified atom stereocenters. The summed E-state index contributed by atoms with van der Waals surface area (Å²) in [5.41, 5.74) is 0. The maximum absolute atomic E-state index is 13.0. The summed E-state index contributed by atoms with van der Waals surface area (Å²) in [6, 6.07) is 0. The highest BCUT2D eigenvalue weighted by Gasteiger charge is 2.40. The minimum Gasteiger partial charge on any atom is -0.319 e. The molecule has 0 aromatic heterocycles. The predicted octanol–water partition coefficient (Wildman–Crippen LogP) is 0.451. The number of halogens is 2. The molecule has 1 saturated heterocycles. The van der Waals surface area contributed by atoms with Gasteiger partial charge in [0, 0.05) is 12.5 Å². The smallest absolute Gasteiger partial charge is 0.264 e. The van der Waals surface area contributed by atoms with Gasteiger partial charge in [0.1, 0.15) is 0 Å². The number of rotatable bonds is 2. The van der Waals surface area contributed by atoms with Crippen molar-refractivity contribution in [1.29, 1.82) is 0 Å². The van der Waals surface area contributed by atoms with Crippen molar-refractivity contribution in [3.63, 3.8) is 0 Å². The van der Waals surface area contributed by atoms with Crippen LogP contribution in [-0.2, 0) is 0 Å². The molecular weight excluding hydrogens is 150 g/mol. The highest BCUT2D eigenvalue weighted by atomic mass is 19.3. The summed E-state index contributed by atoms with van der Waals surface area (Å²) in [6.07, 6.45) is 0.563. The summed E-state index contributed by atoms with van der Waals surface area (Å²) < 4.78 is 25.9. The van der Waals surface area contributed by atoms with Gasteiger partial charge in [-0.3, -0.25) is 0 Å². The maximum atomic E-state index is 13.0. The van der Waals surface area contributed by atoms with Gasteiger partial charge >= 0.3 is 0 Å². The first-order valence-electron chi connectivity index (χ1n) is 3.90. The van der Waals surface area contributed by atoms with Crippen LogP contribution in [0.4, 0.5) is 8.78 Å². The quantitative estimate of drug-likeness (QED) is 0.619. The summed E-state index contributed by atoms with van der Waals surface area (Å²) in [5, 5.41) is 5.47. The largest absolute Gasteiger partial charge is 0.319 e. The number of piperidine rings is 1. The van der Waals surface area contributed by atoms with Gasteiger partial charge in [-0.25, -0.2) is 8.78 Å². The van der Waals surface area contributed by atoms with Crippen molar-refractivity contribution in [3.8, 4) is 0 Å². The molecule has 1 aliphatic heterocycles. The van der Waals surface area contributed by atoms with Crippen molar-refractivity contribution in [3.05, 3.63) is 0 Å². The van der Waals surface area contributed by atoms with Crippen LogP contribution >= 0.6 is 0 Å². The average molecular weight is 164 g/mol. The van der Waals surface area contributed by atoms with Gasteiger partial charge in [-0.1, -0.05) is 0 Å². The lowest BCUT2D eigenvalue weighted by molar-refractivity contribution is -0.0714. The molecule has 0 radical (unpaired) electrons. The number of alkyl halides is 2. The van der Waals surface area contributed by atoms with Crippen LogP contribution in [0, 0.1) is 5.92 Å². The van der Waals surface area contributed by atoms with E-state index < -0.39 is 11.8 Å². The Morgan fingerprint density at radius 1 is 1.64 bits per heavy atom. The molecule has 0 amide bonds. The summed E-state index contributed by atoms with van der Waals surface area (Å²) in [6.45, 7) is 0.954. The van der Waals surface area contributed by atoms with E-state index in [1.807, 2.05) is 0 Å². The van der Waals surface area contributed by atoms with E-state index in [4.69, 9.17) is 0 Å². The third-order valence-corrected chi connectivity index (χ3v) is 2.08. The summed E-state index contributed by atoms with van der Waals surface area (Å²) >= 11 is 0. The van der Waals surface area contributed by atoms with Crippen LogP contribution in [0.15, 0.2) is 0 Å². The molecule has 0 aliphatic carbocycles. The Bertz CT molecular complexity index is 126. The lowest BCUT2D eigenvalue weighted by Crippen LogP contribution is -2.49. The van der Waals surface area contributed by atoms with E-state index in [0.717, 1.165) is 0 Å². The molecule has 1 atom stereocenters. The van der Waals surface area contributed by atoms with Crippen LogP contribution in [0.2, 0.25) is 0 Å². The predicted molar refractivity (Wildman–Crippen MR) is 39.9 cm³/mol.